The van der Waals surface area contributed by atoms with Crippen LogP contribution in [0, 0.1) is 17.5 Å². The van der Waals surface area contributed by atoms with Crippen molar-refractivity contribution in [3.05, 3.63) is 54.2 Å². The molecule has 0 aliphatic rings. The molecule has 1 aromatic carbocycles. The van der Waals surface area contributed by atoms with Crippen LogP contribution in [0.4, 0.5) is 13.2 Å². The molecule has 0 aliphatic carbocycles. The van der Waals surface area contributed by atoms with Crippen LogP contribution < -0.4 is 0 Å². The highest BCUT2D eigenvalue weighted by atomic mass is 19.2. The fourth-order valence-electron chi connectivity index (χ4n) is 1.77. The fraction of sp³-hybridized carbons (Fsp3) is 0. The summed E-state index contributed by atoms with van der Waals surface area (Å²) < 4.78 is 40.7. The number of halogens is 3. The molecule has 0 unspecified atom stereocenters. The van der Waals surface area contributed by atoms with E-state index in [4.69, 9.17) is 0 Å². The zero-order valence-corrected chi connectivity index (χ0v) is 8.94. The molecule has 0 spiro atoms. The van der Waals surface area contributed by atoms with E-state index in [9.17, 15) is 13.2 Å². The summed E-state index contributed by atoms with van der Waals surface area (Å²) in [5.41, 5.74) is 1.07. The molecule has 0 bridgehead atoms. The molecule has 0 amide bonds. The standard InChI is InChI=1S/C12H6F3N3/c13-8-4-9(12-16-6-17-18(12)5-8)7-1-2-10(14)11(15)3-7/h1-6H. The van der Waals surface area contributed by atoms with Gasteiger partial charge in [-0.1, -0.05) is 6.07 Å². The van der Waals surface area contributed by atoms with E-state index in [-0.39, 0.29) is 0 Å². The molecule has 3 nitrogen and oxygen atoms in total. The lowest BCUT2D eigenvalue weighted by atomic mass is 10.1. The van der Waals surface area contributed by atoms with Crippen LogP contribution in [0.3, 0.4) is 0 Å². The van der Waals surface area contributed by atoms with Crippen LogP contribution in [0.2, 0.25) is 0 Å². The summed E-state index contributed by atoms with van der Waals surface area (Å²) in [7, 11) is 0. The molecule has 2 aromatic heterocycles. The molecule has 0 atom stereocenters. The third kappa shape index (κ3) is 1.62. The van der Waals surface area contributed by atoms with E-state index in [1.807, 2.05) is 0 Å². The minimum Gasteiger partial charge on any atom is -0.218 e. The smallest absolute Gasteiger partial charge is 0.163 e. The normalized spacial score (nSPS) is 11.1. The summed E-state index contributed by atoms with van der Waals surface area (Å²) in [5, 5.41) is 3.80. The van der Waals surface area contributed by atoms with Gasteiger partial charge in [0.05, 0.1) is 6.20 Å². The number of hydrogen-bond acceptors (Lipinski definition) is 2. The van der Waals surface area contributed by atoms with Crippen molar-refractivity contribution in [1.29, 1.82) is 0 Å². The average molecular weight is 249 g/mol. The summed E-state index contributed by atoms with van der Waals surface area (Å²) in [6.45, 7) is 0. The van der Waals surface area contributed by atoms with Crippen LogP contribution in [0.5, 0.6) is 0 Å². The Hall–Kier alpha value is -2.37. The highest BCUT2D eigenvalue weighted by molar-refractivity contribution is 5.77. The Bertz CT molecular complexity index is 737. The van der Waals surface area contributed by atoms with Crippen LogP contribution in [0.1, 0.15) is 0 Å². The van der Waals surface area contributed by atoms with Gasteiger partial charge in [-0.15, -0.1) is 0 Å². The van der Waals surface area contributed by atoms with Gasteiger partial charge >= 0.3 is 0 Å². The van der Waals surface area contributed by atoms with Crippen molar-refractivity contribution >= 4 is 5.65 Å². The predicted molar refractivity (Wildman–Crippen MR) is 58.3 cm³/mol. The quantitative estimate of drug-likeness (QED) is 0.663. The molecule has 0 saturated heterocycles. The van der Waals surface area contributed by atoms with Crippen LogP contribution in [-0.2, 0) is 0 Å². The lowest BCUT2D eigenvalue weighted by molar-refractivity contribution is 0.509. The molecule has 3 aromatic rings. The molecule has 0 saturated carbocycles. The highest BCUT2D eigenvalue weighted by Crippen LogP contribution is 2.25. The average Bonchev–Trinajstić information content (AvgIpc) is 2.79. The van der Waals surface area contributed by atoms with Crippen LogP contribution in [0.15, 0.2) is 36.8 Å². The molecule has 6 heteroatoms. The molecule has 0 aliphatic heterocycles. The SMILES string of the molecule is Fc1cc(-c2ccc(F)c(F)c2)c2ncnn2c1. The van der Waals surface area contributed by atoms with Gasteiger partial charge in [0.2, 0.25) is 0 Å². The first-order chi connectivity index (χ1) is 8.65. The zero-order chi connectivity index (χ0) is 12.7. The Kier molecular flexibility index (Phi) is 2.29. The number of aromatic nitrogens is 3. The summed E-state index contributed by atoms with van der Waals surface area (Å²) in [6, 6.07) is 4.56. The second kappa shape index (κ2) is 3.83. The van der Waals surface area contributed by atoms with E-state index in [2.05, 4.69) is 10.1 Å². The van der Waals surface area contributed by atoms with Gasteiger partial charge in [0.15, 0.2) is 17.3 Å². The molecule has 3 rings (SSSR count). The Balaban J connectivity index is 2.30. The third-order valence-corrected chi connectivity index (χ3v) is 2.57. The zero-order valence-electron chi connectivity index (χ0n) is 8.94. The molecular formula is C12H6F3N3. The second-order valence-corrected chi connectivity index (χ2v) is 3.73. The summed E-state index contributed by atoms with van der Waals surface area (Å²) in [6.07, 6.45) is 2.42. The van der Waals surface area contributed by atoms with Gasteiger partial charge in [-0.2, -0.15) is 5.10 Å². The number of nitrogens with zero attached hydrogens (tertiary/aromatic N) is 3. The Labute approximate surface area is 99.5 Å². The van der Waals surface area contributed by atoms with Crippen molar-refractivity contribution < 1.29 is 13.2 Å². The first-order valence-corrected chi connectivity index (χ1v) is 5.09. The lowest BCUT2D eigenvalue weighted by Gasteiger charge is -2.04. The van der Waals surface area contributed by atoms with Crippen LogP contribution in [0.25, 0.3) is 16.8 Å². The third-order valence-electron chi connectivity index (χ3n) is 2.57. The fourth-order valence-corrected chi connectivity index (χ4v) is 1.77. The van der Waals surface area contributed by atoms with Crippen molar-refractivity contribution in [3.63, 3.8) is 0 Å². The van der Waals surface area contributed by atoms with Crippen LogP contribution in [-0.4, -0.2) is 14.6 Å². The topological polar surface area (TPSA) is 30.2 Å². The number of pyridine rings is 1. The Morgan fingerprint density at radius 2 is 1.83 bits per heavy atom. The van der Waals surface area contributed by atoms with E-state index in [1.165, 1.54) is 23.0 Å². The minimum absolute atomic E-state index is 0.339. The van der Waals surface area contributed by atoms with E-state index >= 15 is 0 Å². The molecular weight excluding hydrogens is 243 g/mol. The van der Waals surface area contributed by atoms with Crippen molar-refractivity contribution in [2.45, 2.75) is 0 Å². The molecule has 90 valence electrons. The largest absolute Gasteiger partial charge is 0.218 e. The van der Waals surface area contributed by atoms with Crippen molar-refractivity contribution in [3.8, 4) is 11.1 Å². The predicted octanol–water partition coefficient (Wildman–Crippen LogP) is 2.81. The van der Waals surface area contributed by atoms with E-state index in [0.717, 1.165) is 18.3 Å². The molecule has 0 fully saturated rings. The van der Waals surface area contributed by atoms with Crippen molar-refractivity contribution in [2.75, 3.05) is 0 Å². The van der Waals surface area contributed by atoms with Gasteiger partial charge in [-0.3, -0.25) is 0 Å². The summed E-state index contributed by atoms with van der Waals surface area (Å²) in [5.74, 6) is -2.48. The molecule has 2 heterocycles. The molecule has 18 heavy (non-hydrogen) atoms. The molecule has 0 N–H and O–H groups in total. The van der Waals surface area contributed by atoms with E-state index < -0.39 is 17.5 Å². The maximum atomic E-state index is 13.4. The summed E-state index contributed by atoms with van der Waals surface area (Å²) >= 11 is 0. The number of benzene rings is 1. The highest BCUT2D eigenvalue weighted by Gasteiger charge is 2.11. The maximum absolute atomic E-state index is 13.4. The maximum Gasteiger partial charge on any atom is 0.163 e. The van der Waals surface area contributed by atoms with E-state index in [1.54, 1.807) is 0 Å². The van der Waals surface area contributed by atoms with Gasteiger partial charge in [-0.25, -0.2) is 22.7 Å². The van der Waals surface area contributed by atoms with Crippen molar-refractivity contribution in [1.82, 2.24) is 14.6 Å². The monoisotopic (exact) mass is 249 g/mol. The van der Waals surface area contributed by atoms with E-state index in [0.29, 0.717) is 16.8 Å². The van der Waals surface area contributed by atoms with Crippen molar-refractivity contribution in [2.24, 2.45) is 0 Å². The first-order valence-electron chi connectivity index (χ1n) is 5.09. The second-order valence-electron chi connectivity index (χ2n) is 3.73. The van der Waals surface area contributed by atoms with Crippen LogP contribution >= 0.6 is 0 Å². The Morgan fingerprint density at radius 3 is 2.61 bits per heavy atom. The van der Waals surface area contributed by atoms with Gasteiger partial charge in [-0.05, 0) is 23.8 Å². The van der Waals surface area contributed by atoms with Gasteiger partial charge in [0.1, 0.15) is 12.1 Å². The first kappa shape index (κ1) is 10.8. The van der Waals surface area contributed by atoms with Gasteiger partial charge < -0.3 is 0 Å². The Morgan fingerprint density at radius 1 is 1.00 bits per heavy atom. The number of fused-ring (bicyclic) bond motifs is 1. The number of hydrogen-bond donors (Lipinski definition) is 0. The van der Waals surface area contributed by atoms with Gasteiger partial charge in [0, 0.05) is 5.56 Å². The molecule has 0 radical (unpaired) electrons. The number of rotatable bonds is 1. The summed E-state index contributed by atoms with van der Waals surface area (Å²) in [4.78, 5) is 3.96. The van der Waals surface area contributed by atoms with Gasteiger partial charge in [0.25, 0.3) is 0 Å². The minimum atomic E-state index is -0.991. The lowest BCUT2D eigenvalue weighted by Crippen LogP contribution is -1.94.